The second-order valence-electron chi connectivity index (χ2n) is 5.80. The molecule has 1 saturated carbocycles. The first kappa shape index (κ1) is 14.9. The molecular weight excluding hydrogens is 236 g/mol. The third kappa shape index (κ3) is 4.56. The van der Waals surface area contributed by atoms with Gasteiger partial charge in [-0.2, -0.15) is 0 Å². The number of hydrogen-bond donors (Lipinski definition) is 2. The number of hydrogen-bond acceptors (Lipinski definition) is 3. The Morgan fingerprint density at radius 2 is 2.00 bits per heavy atom. The van der Waals surface area contributed by atoms with Gasteiger partial charge in [0.25, 0.3) is 0 Å². The zero-order valence-electron chi connectivity index (χ0n) is 11.4. The summed E-state index contributed by atoms with van der Waals surface area (Å²) in [6, 6.07) is 0. The average Bonchev–Trinajstić information content (AvgIpc) is 2.84. The van der Waals surface area contributed by atoms with Crippen LogP contribution in [0.15, 0.2) is 0 Å². The van der Waals surface area contributed by atoms with Gasteiger partial charge in [-0.05, 0) is 37.6 Å². The molecule has 2 unspecified atom stereocenters. The molecule has 0 amide bonds. The van der Waals surface area contributed by atoms with E-state index in [1.54, 1.807) is 6.92 Å². The monoisotopic (exact) mass is 262 g/mol. The lowest BCUT2D eigenvalue weighted by Gasteiger charge is -2.15. The largest absolute Gasteiger partial charge is 0.315 e. The lowest BCUT2D eigenvalue weighted by molar-refractivity contribution is 0.528. The first-order chi connectivity index (χ1) is 7.79. The van der Waals surface area contributed by atoms with Gasteiger partial charge in [-0.25, -0.2) is 13.1 Å². The Morgan fingerprint density at radius 3 is 2.47 bits per heavy atom. The Morgan fingerprint density at radius 1 is 1.41 bits per heavy atom. The molecule has 2 N–H and O–H groups in total. The van der Waals surface area contributed by atoms with Crippen molar-refractivity contribution in [2.45, 2.75) is 45.8 Å². The highest BCUT2D eigenvalue weighted by atomic mass is 32.2. The van der Waals surface area contributed by atoms with E-state index in [1.807, 2.05) is 0 Å². The lowest BCUT2D eigenvalue weighted by Crippen LogP contribution is -2.40. The first-order valence-electron chi connectivity index (χ1n) is 6.49. The van der Waals surface area contributed by atoms with Crippen LogP contribution in [-0.2, 0) is 10.0 Å². The molecule has 102 valence electrons. The SMILES string of the molecule is CCCNCC(C)S(=O)(=O)NCC1CC1(C)C. The van der Waals surface area contributed by atoms with Crippen molar-refractivity contribution >= 4 is 10.0 Å². The molecule has 1 fully saturated rings. The Kier molecular flexibility index (Phi) is 4.98. The van der Waals surface area contributed by atoms with E-state index in [2.05, 4.69) is 30.8 Å². The Bertz CT molecular complexity index is 338. The summed E-state index contributed by atoms with van der Waals surface area (Å²) >= 11 is 0. The molecule has 5 heteroatoms. The van der Waals surface area contributed by atoms with Crippen molar-refractivity contribution < 1.29 is 8.42 Å². The van der Waals surface area contributed by atoms with E-state index in [9.17, 15) is 8.42 Å². The molecule has 0 bridgehead atoms. The summed E-state index contributed by atoms with van der Waals surface area (Å²) in [7, 11) is -3.16. The van der Waals surface area contributed by atoms with Crippen molar-refractivity contribution in [1.29, 1.82) is 0 Å². The van der Waals surface area contributed by atoms with Crippen LogP contribution in [0.25, 0.3) is 0 Å². The Balaban J connectivity index is 2.30. The maximum absolute atomic E-state index is 11.9. The summed E-state index contributed by atoms with van der Waals surface area (Å²) in [5, 5.41) is 2.78. The molecule has 1 aliphatic rings. The Hall–Kier alpha value is -0.130. The number of sulfonamides is 1. The van der Waals surface area contributed by atoms with E-state index in [4.69, 9.17) is 0 Å². The van der Waals surface area contributed by atoms with Crippen LogP contribution in [0.4, 0.5) is 0 Å². The van der Waals surface area contributed by atoms with Gasteiger partial charge >= 0.3 is 0 Å². The topological polar surface area (TPSA) is 58.2 Å². The molecule has 0 saturated heterocycles. The van der Waals surface area contributed by atoms with Crippen LogP contribution in [0, 0.1) is 11.3 Å². The molecule has 1 aliphatic carbocycles. The molecule has 0 heterocycles. The summed E-state index contributed by atoms with van der Waals surface area (Å²) in [4.78, 5) is 0. The van der Waals surface area contributed by atoms with Gasteiger partial charge in [0.15, 0.2) is 0 Å². The molecule has 17 heavy (non-hydrogen) atoms. The van der Waals surface area contributed by atoms with Crippen molar-refractivity contribution in [2.24, 2.45) is 11.3 Å². The van der Waals surface area contributed by atoms with Crippen LogP contribution in [0.2, 0.25) is 0 Å². The van der Waals surface area contributed by atoms with Crippen molar-refractivity contribution in [1.82, 2.24) is 10.0 Å². The van der Waals surface area contributed by atoms with E-state index >= 15 is 0 Å². The van der Waals surface area contributed by atoms with Crippen molar-refractivity contribution in [2.75, 3.05) is 19.6 Å². The number of rotatable bonds is 8. The van der Waals surface area contributed by atoms with Gasteiger partial charge < -0.3 is 5.32 Å². The summed E-state index contributed by atoms with van der Waals surface area (Å²) in [6.07, 6.45) is 2.15. The minimum absolute atomic E-state index is 0.326. The molecule has 0 aromatic heterocycles. The maximum Gasteiger partial charge on any atom is 0.215 e. The van der Waals surface area contributed by atoms with Crippen LogP contribution in [0.1, 0.15) is 40.5 Å². The highest BCUT2D eigenvalue weighted by Crippen LogP contribution is 2.51. The summed E-state index contributed by atoms with van der Waals surface area (Å²) in [6.45, 7) is 10.2. The predicted molar refractivity (Wildman–Crippen MR) is 71.4 cm³/mol. The average molecular weight is 262 g/mol. The third-order valence-corrected chi connectivity index (χ3v) is 5.43. The summed E-state index contributed by atoms with van der Waals surface area (Å²) < 4.78 is 26.6. The highest BCUT2D eigenvalue weighted by molar-refractivity contribution is 7.90. The minimum Gasteiger partial charge on any atom is -0.315 e. The van der Waals surface area contributed by atoms with Gasteiger partial charge in [0.2, 0.25) is 10.0 Å². The van der Waals surface area contributed by atoms with E-state index in [0.29, 0.717) is 24.4 Å². The molecule has 1 rings (SSSR count). The van der Waals surface area contributed by atoms with Gasteiger partial charge in [0, 0.05) is 13.1 Å². The second-order valence-corrected chi connectivity index (χ2v) is 7.98. The van der Waals surface area contributed by atoms with Crippen LogP contribution in [0.3, 0.4) is 0 Å². The Labute approximate surface area is 106 Å². The molecule has 0 spiro atoms. The molecule has 4 nitrogen and oxygen atoms in total. The lowest BCUT2D eigenvalue weighted by atomic mass is 10.1. The van der Waals surface area contributed by atoms with E-state index in [0.717, 1.165) is 19.4 Å². The maximum atomic E-state index is 11.9. The number of nitrogens with one attached hydrogen (secondary N) is 2. The quantitative estimate of drug-likeness (QED) is 0.649. The molecule has 0 aromatic rings. The van der Waals surface area contributed by atoms with Crippen LogP contribution in [0.5, 0.6) is 0 Å². The summed E-state index contributed by atoms with van der Waals surface area (Å²) in [5.74, 6) is 0.507. The van der Waals surface area contributed by atoms with Gasteiger partial charge in [0.1, 0.15) is 0 Å². The zero-order valence-corrected chi connectivity index (χ0v) is 12.2. The fourth-order valence-electron chi connectivity index (χ4n) is 1.88. The van der Waals surface area contributed by atoms with Crippen LogP contribution >= 0.6 is 0 Å². The minimum atomic E-state index is -3.16. The van der Waals surface area contributed by atoms with Crippen LogP contribution < -0.4 is 10.0 Å². The van der Waals surface area contributed by atoms with Gasteiger partial charge in [-0.1, -0.05) is 20.8 Å². The summed E-state index contributed by atoms with van der Waals surface area (Å²) in [5.41, 5.74) is 0.326. The molecule has 2 atom stereocenters. The van der Waals surface area contributed by atoms with Gasteiger partial charge in [0.05, 0.1) is 5.25 Å². The second kappa shape index (κ2) is 5.67. The standard InChI is InChI=1S/C12H26N2O2S/c1-5-6-13-8-10(2)17(15,16)14-9-11-7-12(11,3)4/h10-11,13-14H,5-9H2,1-4H3. The van der Waals surface area contributed by atoms with E-state index < -0.39 is 10.0 Å². The predicted octanol–water partition coefficient (Wildman–Crippen LogP) is 1.34. The van der Waals surface area contributed by atoms with Gasteiger partial charge in [-0.15, -0.1) is 0 Å². The zero-order chi connectivity index (χ0) is 13.1. The molecular formula is C12H26N2O2S. The van der Waals surface area contributed by atoms with Crippen molar-refractivity contribution in [3.8, 4) is 0 Å². The van der Waals surface area contributed by atoms with Crippen molar-refractivity contribution in [3.05, 3.63) is 0 Å². The van der Waals surface area contributed by atoms with Crippen molar-refractivity contribution in [3.63, 3.8) is 0 Å². The molecule has 0 radical (unpaired) electrons. The fourth-order valence-corrected chi connectivity index (χ4v) is 2.93. The van der Waals surface area contributed by atoms with E-state index in [-0.39, 0.29) is 5.25 Å². The van der Waals surface area contributed by atoms with Gasteiger partial charge in [-0.3, -0.25) is 0 Å². The highest BCUT2D eigenvalue weighted by Gasteiger charge is 2.45. The molecule has 0 aliphatic heterocycles. The fraction of sp³-hybridized carbons (Fsp3) is 1.00. The van der Waals surface area contributed by atoms with E-state index in [1.165, 1.54) is 0 Å². The first-order valence-corrected chi connectivity index (χ1v) is 8.03. The third-order valence-electron chi connectivity index (χ3n) is 3.64. The molecule has 0 aromatic carbocycles. The smallest absolute Gasteiger partial charge is 0.215 e. The normalized spacial score (nSPS) is 24.6. The van der Waals surface area contributed by atoms with Crippen LogP contribution in [-0.4, -0.2) is 33.3 Å².